The fourth-order valence-electron chi connectivity index (χ4n) is 2.56. The van der Waals surface area contributed by atoms with E-state index in [0.29, 0.717) is 12.5 Å². The molecule has 0 saturated carbocycles. The van der Waals surface area contributed by atoms with E-state index in [1.54, 1.807) is 0 Å². The van der Waals surface area contributed by atoms with E-state index >= 15 is 0 Å². The first-order valence-electron chi connectivity index (χ1n) is 7.64. The predicted molar refractivity (Wildman–Crippen MR) is 93.6 cm³/mol. The first kappa shape index (κ1) is 16.9. The van der Waals surface area contributed by atoms with E-state index in [2.05, 4.69) is 38.1 Å². The molecule has 0 spiro atoms. The molecule has 0 fully saturated rings. The van der Waals surface area contributed by atoms with Crippen LogP contribution < -0.4 is 4.74 Å². The molecular weight excluding hydrogens is 294 g/mol. The molecule has 0 heterocycles. The molecule has 0 aliphatic rings. The Kier molecular flexibility index (Phi) is 6.29. The highest BCUT2D eigenvalue weighted by atomic mass is 35.5. The minimum Gasteiger partial charge on any atom is -0.489 e. The first-order valence-corrected chi connectivity index (χ1v) is 8.01. The van der Waals surface area contributed by atoms with Crippen LogP contribution in [0.4, 0.5) is 0 Å². The van der Waals surface area contributed by atoms with Gasteiger partial charge in [0.1, 0.15) is 12.4 Å². The summed E-state index contributed by atoms with van der Waals surface area (Å²) >= 11 is 5.88. The molecule has 0 aliphatic heterocycles. The van der Waals surface area contributed by atoms with Crippen LogP contribution in [-0.2, 0) is 13.0 Å². The second kappa shape index (κ2) is 8.21. The summed E-state index contributed by atoms with van der Waals surface area (Å²) in [7, 11) is 4.23. The van der Waals surface area contributed by atoms with Gasteiger partial charge in [0.2, 0.25) is 0 Å². The van der Waals surface area contributed by atoms with E-state index in [1.165, 1.54) is 5.56 Å². The maximum absolute atomic E-state index is 5.88. The smallest absolute Gasteiger partial charge is 0.119 e. The van der Waals surface area contributed by atoms with Gasteiger partial charge in [0.15, 0.2) is 0 Å². The normalized spacial score (nSPS) is 12.4. The SMILES string of the molecule is CC(Cc1ccc(OCc2ccc(Cl)cc2)cc1)CN(C)C. The van der Waals surface area contributed by atoms with E-state index < -0.39 is 0 Å². The molecule has 1 unspecified atom stereocenters. The van der Waals surface area contributed by atoms with Crippen LogP contribution in [0, 0.1) is 5.92 Å². The second-order valence-electron chi connectivity index (χ2n) is 6.13. The van der Waals surface area contributed by atoms with E-state index in [9.17, 15) is 0 Å². The number of halogens is 1. The fourth-order valence-corrected chi connectivity index (χ4v) is 2.69. The molecule has 0 aromatic heterocycles. The van der Waals surface area contributed by atoms with Gasteiger partial charge in [0.05, 0.1) is 0 Å². The Morgan fingerprint density at radius 1 is 0.955 bits per heavy atom. The van der Waals surface area contributed by atoms with Gasteiger partial charge in [-0.05, 0) is 61.8 Å². The van der Waals surface area contributed by atoms with E-state index in [4.69, 9.17) is 16.3 Å². The molecule has 2 rings (SSSR count). The third-order valence-corrected chi connectivity index (χ3v) is 3.76. The molecule has 2 nitrogen and oxygen atoms in total. The lowest BCUT2D eigenvalue weighted by molar-refractivity contribution is 0.306. The second-order valence-corrected chi connectivity index (χ2v) is 6.57. The summed E-state index contributed by atoms with van der Waals surface area (Å²) in [6, 6.07) is 16.2. The molecule has 0 amide bonds. The molecule has 22 heavy (non-hydrogen) atoms. The summed E-state index contributed by atoms with van der Waals surface area (Å²) in [5.74, 6) is 1.55. The number of benzene rings is 2. The van der Waals surface area contributed by atoms with Gasteiger partial charge in [-0.1, -0.05) is 42.8 Å². The molecule has 0 saturated heterocycles. The van der Waals surface area contributed by atoms with E-state index in [1.807, 2.05) is 36.4 Å². The van der Waals surface area contributed by atoms with E-state index in [-0.39, 0.29) is 0 Å². The highest BCUT2D eigenvalue weighted by molar-refractivity contribution is 6.30. The topological polar surface area (TPSA) is 12.5 Å². The van der Waals surface area contributed by atoms with Gasteiger partial charge >= 0.3 is 0 Å². The minimum atomic E-state index is 0.563. The van der Waals surface area contributed by atoms with Crippen LogP contribution >= 0.6 is 11.6 Å². The van der Waals surface area contributed by atoms with E-state index in [0.717, 1.165) is 29.3 Å². The van der Waals surface area contributed by atoms with Crippen LogP contribution in [0.2, 0.25) is 5.02 Å². The lowest BCUT2D eigenvalue weighted by Gasteiger charge is -2.17. The zero-order valence-electron chi connectivity index (χ0n) is 13.6. The Balaban J connectivity index is 1.85. The summed E-state index contributed by atoms with van der Waals surface area (Å²) in [4.78, 5) is 2.23. The Morgan fingerprint density at radius 3 is 2.14 bits per heavy atom. The van der Waals surface area contributed by atoms with Crippen molar-refractivity contribution in [3.63, 3.8) is 0 Å². The zero-order chi connectivity index (χ0) is 15.9. The van der Waals surface area contributed by atoms with Crippen molar-refractivity contribution in [1.82, 2.24) is 4.90 Å². The van der Waals surface area contributed by atoms with Gasteiger partial charge in [0, 0.05) is 11.6 Å². The summed E-state index contributed by atoms with van der Waals surface area (Å²) in [5.41, 5.74) is 2.47. The number of nitrogens with zero attached hydrogens (tertiary/aromatic N) is 1. The molecule has 3 heteroatoms. The third-order valence-electron chi connectivity index (χ3n) is 3.50. The molecule has 0 bridgehead atoms. The van der Waals surface area contributed by atoms with Crippen molar-refractivity contribution >= 4 is 11.6 Å². The van der Waals surface area contributed by atoms with Gasteiger partial charge < -0.3 is 9.64 Å². The highest BCUT2D eigenvalue weighted by Gasteiger charge is 2.05. The zero-order valence-corrected chi connectivity index (χ0v) is 14.3. The number of ether oxygens (including phenoxy) is 1. The number of rotatable bonds is 7. The van der Waals surface area contributed by atoms with Crippen LogP contribution in [0.1, 0.15) is 18.1 Å². The predicted octanol–water partition coefficient (Wildman–Crippen LogP) is 4.66. The van der Waals surface area contributed by atoms with Gasteiger partial charge in [0.25, 0.3) is 0 Å². The first-order chi connectivity index (χ1) is 10.5. The van der Waals surface area contributed by atoms with Crippen LogP contribution in [0.15, 0.2) is 48.5 Å². The maximum Gasteiger partial charge on any atom is 0.119 e. The lowest BCUT2D eigenvalue weighted by atomic mass is 10.0. The lowest BCUT2D eigenvalue weighted by Crippen LogP contribution is -2.21. The monoisotopic (exact) mass is 317 g/mol. The summed E-state index contributed by atoms with van der Waals surface area (Å²) in [6.07, 6.45) is 1.09. The Bertz CT molecular complexity index is 563. The average molecular weight is 318 g/mol. The van der Waals surface area contributed by atoms with Crippen molar-refractivity contribution in [1.29, 1.82) is 0 Å². The maximum atomic E-state index is 5.88. The average Bonchev–Trinajstić information content (AvgIpc) is 2.47. The highest BCUT2D eigenvalue weighted by Crippen LogP contribution is 2.17. The molecular formula is C19H24ClNO. The van der Waals surface area contributed by atoms with Gasteiger partial charge in [-0.15, -0.1) is 0 Å². The van der Waals surface area contributed by atoms with Crippen LogP contribution in [-0.4, -0.2) is 25.5 Å². The van der Waals surface area contributed by atoms with Crippen molar-refractivity contribution < 1.29 is 4.74 Å². The number of hydrogen-bond acceptors (Lipinski definition) is 2. The molecule has 1 atom stereocenters. The van der Waals surface area contributed by atoms with Gasteiger partial charge in [-0.2, -0.15) is 0 Å². The third kappa shape index (κ3) is 5.70. The molecule has 0 aliphatic carbocycles. The van der Waals surface area contributed by atoms with Crippen molar-refractivity contribution in [3.8, 4) is 5.75 Å². The standard InChI is InChI=1S/C19H24ClNO/c1-15(13-21(2)3)12-16-6-10-19(11-7-16)22-14-17-4-8-18(20)9-5-17/h4-11,15H,12-14H2,1-3H3. The van der Waals surface area contributed by atoms with Crippen LogP contribution in [0.25, 0.3) is 0 Å². The summed E-state index contributed by atoms with van der Waals surface area (Å²) in [5, 5.41) is 0.750. The largest absolute Gasteiger partial charge is 0.489 e. The van der Waals surface area contributed by atoms with Crippen molar-refractivity contribution in [2.24, 2.45) is 5.92 Å². The molecule has 0 radical (unpaired) electrons. The van der Waals surface area contributed by atoms with Crippen molar-refractivity contribution in [2.75, 3.05) is 20.6 Å². The Labute approximate surface area is 138 Å². The minimum absolute atomic E-state index is 0.563. The van der Waals surface area contributed by atoms with Gasteiger partial charge in [-0.25, -0.2) is 0 Å². The van der Waals surface area contributed by atoms with Gasteiger partial charge in [-0.3, -0.25) is 0 Å². The van der Waals surface area contributed by atoms with Crippen molar-refractivity contribution in [3.05, 3.63) is 64.7 Å². The quantitative estimate of drug-likeness (QED) is 0.736. The summed E-state index contributed by atoms with van der Waals surface area (Å²) < 4.78 is 5.81. The molecule has 0 N–H and O–H groups in total. The fraction of sp³-hybridized carbons (Fsp3) is 0.368. The van der Waals surface area contributed by atoms with Crippen LogP contribution in [0.3, 0.4) is 0 Å². The Morgan fingerprint density at radius 2 is 1.55 bits per heavy atom. The molecule has 118 valence electrons. The molecule has 2 aromatic carbocycles. The summed E-state index contributed by atoms with van der Waals surface area (Å²) in [6.45, 7) is 3.95. The molecule has 2 aromatic rings. The van der Waals surface area contributed by atoms with Crippen LogP contribution in [0.5, 0.6) is 5.75 Å². The number of hydrogen-bond donors (Lipinski definition) is 0. The Hall–Kier alpha value is -1.51. The van der Waals surface area contributed by atoms with Crippen molar-refractivity contribution in [2.45, 2.75) is 20.0 Å².